The van der Waals surface area contributed by atoms with E-state index in [0.717, 1.165) is 0 Å². The SMILES string of the molecule is O=C(O)/C=C(/c1ccc(Cl)c(Cl)c1)C1(C(F)(F)F)CC1. The van der Waals surface area contributed by atoms with Gasteiger partial charge < -0.3 is 5.11 Å². The average molecular weight is 325 g/mol. The zero-order valence-electron chi connectivity index (χ0n) is 9.97. The van der Waals surface area contributed by atoms with Gasteiger partial charge in [-0.15, -0.1) is 0 Å². The van der Waals surface area contributed by atoms with Crippen LogP contribution in [0.15, 0.2) is 24.3 Å². The van der Waals surface area contributed by atoms with E-state index in [1.165, 1.54) is 18.2 Å². The minimum atomic E-state index is -4.50. The largest absolute Gasteiger partial charge is 0.478 e. The molecular formula is C13H9Cl2F3O2. The number of aliphatic carboxylic acids is 1. The van der Waals surface area contributed by atoms with Crippen molar-refractivity contribution in [3.63, 3.8) is 0 Å². The van der Waals surface area contributed by atoms with Gasteiger partial charge >= 0.3 is 12.1 Å². The first-order valence-corrected chi connectivity index (χ1v) is 6.40. The second-order valence-corrected chi connectivity index (χ2v) is 5.42. The first-order valence-electron chi connectivity index (χ1n) is 5.65. The summed E-state index contributed by atoms with van der Waals surface area (Å²) in [6, 6.07) is 3.95. The summed E-state index contributed by atoms with van der Waals surface area (Å²) in [7, 11) is 0. The average Bonchev–Trinajstić information content (AvgIpc) is 3.10. The Morgan fingerprint density at radius 3 is 2.25 bits per heavy atom. The van der Waals surface area contributed by atoms with Crippen LogP contribution >= 0.6 is 23.2 Å². The lowest BCUT2D eigenvalue weighted by molar-refractivity contribution is -0.168. The molecule has 0 aliphatic heterocycles. The molecule has 0 amide bonds. The molecule has 7 heteroatoms. The summed E-state index contributed by atoms with van der Waals surface area (Å²) in [5.41, 5.74) is -2.25. The van der Waals surface area contributed by atoms with Crippen molar-refractivity contribution in [1.29, 1.82) is 0 Å². The van der Waals surface area contributed by atoms with Crippen molar-refractivity contribution in [2.75, 3.05) is 0 Å². The predicted octanol–water partition coefficient (Wildman–Crippen LogP) is 4.80. The van der Waals surface area contributed by atoms with Gasteiger partial charge in [0.1, 0.15) is 0 Å². The lowest BCUT2D eigenvalue weighted by Crippen LogP contribution is -2.26. The molecule has 0 radical (unpaired) electrons. The van der Waals surface area contributed by atoms with Crippen LogP contribution in [0.1, 0.15) is 18.4 Å². The number of rotatable bonds is 3. The van der Waals surface area contributed by atoms with Crippen molar-refractivity contribution in [2.45, 2.75) is 19.0 Å². The van der Waals surface area contributed by atoms with Gasteiger partial charge in [-0.25, -0.2) is 4.79 Å². The van der Waals surface area contributed by atoms with Gasteiger partial charge in [-0.3, -0.25) is 0 Å². The fourth-order valence-electron chi connectivity index (χ4n) is 2.12. The first kappa shape index (κ1) is 15.2. The lowest BCUT2D eigenvalue weighted by Gasteiger charge is -2.23. The number of carboxylic acids is 1. The molecule has 0 aromatic heterocycles. The number of allylic oxidation sites excluding steroid dienone is 1. The Bertz CT molecular complexity index is 590. The highest BCUT2D eigenvalue weighted by molar-refractivity contribution is 6.42. The topological polar surface area (TPSA) is 37.3 Å². The highest BCUT2D eigenvalue weighted by Gasteiger charge is 2.65. The molecule has 0 spiro atoms. The Kier molecular flexibility index (Phi) is 3.77. The number of benzene rings is 1. The number of hydrogen-bond donors (Lipinski definition) is 1. The predicted molar refractivity (Wildman–Crippen MR) is 69.8 cm³/mol. The molecule has 0 heterocycles. The molecule has 0 bridgehead atoms. The molecule has 1 aromatic carbocycles. The molecule has 108 valence electrons. The number of carbonyl (C=O) groups is 1. The summed E-state index contributed by atoms with van der Waals surface area (Å²) in [5, 5.41) is 9.10. The van der Waals surface area contributed by atoms with Gasteiger partial charge in [0.15, 0.2) is 0 Å². The fourth-order valence-corrected chi connectivity index (χ4v) is 2.41. The van der Waals surface area contributed by atoms with Crippen molar-refractivity contribution in [1.82, 2.24) is 0 Å². The summed E-state index contributed by atoms with van der Waals surface area (Å²) >= 11 is 11.5. The zero-order valence-corrected chi connectivity index (χ0v) is 11.5. The molecule has 1 saturated carbocycles. The third kappa shape index (κ3) is 2.65. The standard InChI is InChI=1S/C13H9Cl2F3O2/c14-9-2-1-7(5-10(9)15)8(6-11(19)20)12(3-4-12)13(16,17)18/h1-2,5-6H,3-4H2,(H,19,20)/b8-6-. The molecule has 1 aliphatic carbocycles. The zero-order chi connectivity index (χ0) is 15.1. The van der Waals surface area contributed by atoms with Crippen LogP contribution in [0.4, 0.5) is 13.2 Å². The highest BCUT2D eigenvalue weighted by atomic mass is 35.5. The fraction of sp³-hybridized carbons (Fsp3) is 0.308. The maximum Gasteiger partial charge on any atom is 0.398 e. The normalized spacial score (nSPS) is 17.9. The molecule has 2 rings (SSSR count). The van der Waals surface area contributed by atoms with Crippen LogP contribution in [0.3, 0.4) is 0 Å². The van der Waals surface area contributed by atoms with Crippen LogP contribution in [0.5, 0.6) is 0 Å². The molecule has 1 fully saturated rings. The van der Waals surface area contributed by atoms with E-state index in [2.05, 4.69) is 0 Å². The molecule has 0 saturated heterocycles. The van der Waals surface area contributed by atoms with Crippen molar-refractivity contribution in [3.05, 3.63) is 39.9 Å². The van der Waals surface area contributed by atoms with E-state index < -0.39 is 17.6 Å². The number of carboxylic acid groups (broad SMARTS) is 1. The Labute approximate surface area is 122 Å². The van der Waals surface area contributed by atoms with Gasteiger partial charge in [-0.05, 0) is 36.1 Å². The number of hydrogen-bond acceptors (Lipinski definition) is 1. The van der Waals surface area contributed by atoms with Gasteiger partial charge in [0.2, 0.25) is 0 Å². The third-order valence-corrected chi connectivity index (χ3v) is 4.05. The Balaban J connectivity index is 2.55. The first-order chi connectivity index (χ1) is 9.17. The van der Waals surface area contributed by atoms with E-state index in [1.54, 1.807) is 0 Å². The number of halogens is 5. The van der Waals surface area contributed by atoms with E-state index in [-0.39, 0.29) is 34.0 Å². The van der Waals surface area contributed by atoms with Crippen molar-refractivity contribution < 1.29 is 23.1 Å². The summed E-state index contributed by atoms with van der Waals surface area (Å²) in [6.07, 6.45) is -4.16. The monoisotopic (exact) mass is 324 g/mol. The second kappa shape index (κ2) is 4.97. The van der Waals surface area contributed by atoms with E-state index >= 15 is 0 Å². The smallest absolute Gasteiger partial charge is 0.398 e. The van der Waals surface area contributed by atoms with Crippen LogP contribution in [-0.4, -0.2) is 17.3 Å². The summed E-state index contributed by atoms with van der Waals surface area (Å²) in [4.78, 5) is 10.8. The molecule has 1 aromatic rings. The summed E-state index contributed by atoms with van der Waals surface area (Å²) in [5.74, 6) is -1.43. The Morgan fingerprint density at radius 2 is 1.85 bits per heavy atom. The molecule has 0 unspecified atom stereocenters. The summed E-state index contributed by atoms with van der Waals surface area (Å²) in [6.45, 7) is 0. The van der Waals surface area contributed by atoms with Crippen molar-refractivity contribution in [2.24, 2.45) is 5.41 Å². The molecule has 1 aliphatic rings. The second-order valence-electron chi connectivity index (χ2n) is 4.61. The quantitative estimate of drug-likeness (QED) is 0.810. The minimum absolute atomic E-state index is 0.0819. The van der Waals surface area contributed by atoms with Crippen LogP contribution in [0.2, 0.25) is 10.0 Å². The maximum atomic E-state index is 13.2. The van der Waals surface area contributed by atoms with Gasteiger partial charge in [-0.1, -0.05) is 29.3 Å². The summed E-state index contributed by atoms with van der Waals surface area (Å²) < 4.78 is 39.5. The van der Waals surface area contributed by atoms with Crippen LogP contribution in [-0.2, 0) is 4.79 Å². The van der Waals surface area contributed by atoms with E-state index in [4.69, 9.17) is 28.3 Å². The van der Waals surface area contributed by atoms with Gasteiger partial charge in [-0.2, -0.15) is 13.2 Å². The minimum Gasteiger partial charge on any atom is -0.478 e. The maximum absolute atomic E-state index is 13.2. The van der Waals surface area contributed by atoms with Gasteiger partial charge in [0, 0.05) is 6.08 Å². The highest BCUT2D eigenvalue weighted by Crippen LogP contribution is 2.65. The molecular weight excluding hydrogens is 316 g/mol. The van der Waals surface area contributed by atoms with Crippen LogP contribution < -0.4 is 0 Å². The van der Waals surface area contributed by atoms with E-state index in [0.29, 0.717) is 6.08 Å². The molecule has 2 nitrogen and oxygen atoms in total. The Morgan fingerprint density at radius 1 is 1.25 bits per heavy atom. The third-order valence-electron chi connectivity index (χ3n) is 3.31. The Hall–Kier alpha value is -1.20. The number of alkyl halides is 3. The molecule has 20 heavy (non-hydrogen) atoms. The van der Waals surface area contributed by atoms with Crippen molar-refractivity contribution >= 4 is 34.7 Å². The van der Waals surface area contributed by atoms with E-state index in [9.17, 15) is 18.0 Å². The van der Waals surface area contributed by atoms with Crippen LogP contribution in [0.25, 0.3) is 5.57 Å². The van der Waals surface area contributed by atoms with E-state index in [1.807, 2.05) is 0 Å². The molecule has 0 atom stereocenters. The molecule has 1 N–H and O–H groups in total. The lowest BCUT2D eigenvalue weighted by atomic mass is 9.88. The van der Waals surface area contributed by atoms with Crippen molar-refractivity contribution in [3.8, 4) is 0 Å². The van der Waals surface area contributed by atoms with Gasteiger partial charge in [0.05, 0.1) is 15.5 Å². The van der Waals surface area contributed by atoms with Gasteiger partial charge in [0.25, 0.3) is 0 Å². The van der Waals surface area contributed by atoms with Crippen LogP contribution in [0, 0.1) is 5.41 Å².